The summed E-state index contributed by atoms with van der Waals surface area (Å²) in [5.41, 5.74) is 0. The molecule has 0 radical (unpaired) electrons. The first kappa shape index (κ1) is 11.9. The quantitative estimate of drug-likeness (QED) is 0.599. The highest BCUT2D eigenvalue weighted by Crippen LogP contribution is 1.91. The van der Waals surface area contributed by atoms with Crippen LogP contribution in [0.4, 0.5) is 0 Å². The summed E-state index contributed by atoms with van der Waals surface area (Å²) in [6.45, 7) is 6.47. The lowest BCUT2D eigenvalue weighted by Gasteiger charge is -2.19. The van der Waals surface area contributed by atoms with Gasteiger partial charge in [-0.1, -0.05) is 6.92 Å². The van der Waals surface area contributed by atoms with Crippen LogP contribution in [0.2, 0.25) is 0 Å². The van der Waals surface area contributed by atoms with E-state index in [1.165, 1.54) is 6.42 Å². The zero-order valence-electron chi connectivity index (χ0n) is 8.58. The fourth-order valence-corrected chi connectivity index (χ4v) is 1.18. The summed E-state index contributed by atoms with van der Waals surface area (Å²) < 4.78 is 0. The van der Waals surface area contributed by atoms with Gasteiger partial charge in [0, 0.05) is 6.54 Å². The Kier molecular flexibility index (Phi) is 7.45. The van der Waals surface area contributed by atoms with Crippen molar-refractivity contribution in [1.29, 1.82) is 0 Å². The fraction of sp³-hybridized carbons (Fsp3) is 1.00. The SMILES string of the molecule is CCN(CCO)CCCN(C)C. The minimum Gasteiger partial charge on any atom is -0.395 e. The van der Waals surface area contributed by atoms with Crippen molar-refractivity contribution in [2.75, 3.05) is 46.9 Å². The minimum absolute atomic E-state index is 0.274. The van der Waals surface area contributed by atoms with Crippen LogP contribution < -0.4 is 0 Å². The van der Waals surface area contributed by atoms with Crippen molar-refractivity contribution < 1.29 is 5.11 Å². The van der Waals surface area contributed by atoms with Crippen LogP contribution in [0.1, 0.15) is 13.3 Å². The van der Waals surface area contributed by atoms with Gasteiger partial charge in [-0.05, 0) is 40.2 Å². The van der Waals surface area contributed by atoms with Gasteiger partial charge < -0.3 is 14.9 Å². The van der Waals surface area contributed by atoms with Crippen LogP contribution in [0.5, 0.6) is 0 Å². The molecule has 0 aromatic rings. The summed E-state index contributed by atoms with van der Waals surface area (Å²) in [6.07, 6.45) is 1.18. The van der Waals surface area contributed by atoms with E-state index in [1.54, 1.807) is 0 Å². The molecule has 0 aliphatic carbocycles. The van der Waals surface area contributed by atoms with Gasteiger partial charge in [-0.3, -0.25) is 0 Å². The van der Waals surface area contributed by atoms with Gasteiger partial charge in [-0.15, -0.1) is 0 Å². The molecule has 0 heterocycles. The molecule has 0 saturated heterocycles. The molecule has 1 N–H and O–H groups in total. The molecule has 0 atom stereocenters. The minimum atomic E-state index is 0.274. The molecule has 0 aromatic heterocycles. The maximum atomic E-state index is 8.72. The Hall–Kier alpha value is -0.120. The predicted octanol–water partition coefficient (Wildman–Crippen LogP) is 0.252. The van der Waals surface area contributed by atoms with E-state index in [0.29, 0.717) is 0 Å². The standard InChI is InChI=1S/C9H22N2O/c1-4-11(8-9-12)7-5-6-10(2)3/h12H,4-9H2,1-3H3. The molecular weight excluding hydrogens is 152 g/mol. The Morgan fingerprint density at radius 2 is 1.75 bits per heavy atom. The second-order valence-corrected chi connectivity index (χ2v) is 3.31. The van der Waals surface area contributed by atoms with Crippen molar-refractivity contribution >= 4 is 0 Å². The number of nitrogens with zero attached hydrogens (tertiary/aromatic N) is 2. The maximum absolute atomic E-state index is 8.72. The molecule has 0 fully saturated rings. The lowest BCUT2D eigenvalue weighted by atomic mass is 10.3. The van der Waals surface area contributed by atoms with E-state index in [-0.39, 0.29) is 6.61 Å². The van der Waals surface area contributed by atoms with Crippen molar-refractivity contribution in [3.63, 3.8) is 0 Å². The van der Waals surface area contributed by atoms with E-state index >= 15 is 0 Å². The van der Waals surface area contributed by atoms with Crippen LogP contribution in [-0.4, -0.2) is 61.8 Å². The number of aliphatic hydroxyl groups is 1. The molecule has 74 valence electrons. The summed E-state index contributed by atoms with van der Waals surface area (Å²) in [7, 11) is 4.17. The van der Waals surface area contributed by atoms with Crippen molar-refractivity contribution in [3.8, 4) is 0 Å². The van der Waals surface area contributed by atoms with Crippen LogP contribution in [0.25, 0.3) is 0 Å². The Morgan fingerprint density at radius 1 is 1.08 bits per heavy atom. The molecule has 0 bridgehead atoms. The number of aliphatic hydroxyl groups excluding tert-OH is 1. The Labute approximate surface area is 76.0 Å². The summed E-state index contributed by atoms with van der Waals surface area (Å²) in [5.74, 6) is 0. The number of hydrogen-bond donors (Lipinski definition) is 1. The lowest BCUT2D eigenvalue weighted by molar-refractivity contribution is 0.196. The molecule has 3 nitrogen and oxygen atoms in total. The molecule has 0 spiro atoms. The van der Waals surface area contributed by atoms with Gasteiger partial charge >= 0.3 is 0 Å². The topological polar surface area (TPSA) is 26.7 Å². The van der Waals surface area contributed by atoms with E-state index in [9.17, 15) is 0 Å². The van der Waals surface area contributed by atoms with Crippen molar-refractivity contribution in [1.82, 2.24) is 9.80 Å². The van der Waals surface area contributed by atoms with Crippen molar-refractivity contribution in [2.24, 2.45) is 0 Å². The molecule has 0 amide bonds. The molecule has 0 saturated carbocycles. The zero-order chi connectivity index (χ0) is 9.40. The van der Waals surface area contributed by atoms with Gasteiger partial charge in [0.25, 0.3) is 0 Å². The number of hydrogen-bond acceptors (Lipinski definition) is 3. The van der Waals surface area contributed by atoms with Gasteiger partial charge in [0.05, 0.1) is 6.61 Å². The molecule has 3 heteroatoms. The van der Waals surface area contributed by atoms with Gasteiger partial charge in [0.2, 0.25) is 0 Å². The average molecular weight is 174 g/mol. The number of rotatable bonds is 7. The van der Waals surface area contributed by atoms with Crippen LogP contribution in [0.15, 0.2) is 0 Å². The Bertz CT molecular complexity index is 96.5. The van der Waals surface area contributed by atoms with Gasteiger partial charge in [-0.25, -0.2) is 0 Å². The Morgan fingerprint density at radius 3 is 2.17 bits per heavy atom. The van der Waals surface area contributed by atoms with Gasteiger partial charge in [0.15, 0.2) is 0 Å². The number of likely N-dealkylation sites (N-methyl/N-ethyl adjacent to an activating group) is 1. The summed E-state index contributed by atoms with van der Waals surface area (Å²) >= 11 is 0. The van der Waals surface area contributed by atoms with Gasteiger partial charge in [-0.2, -0.15) is 0 Å². The molecule has 0 aliphatic heterocycles. The monoisotopic (exact) mass is 174 g/mol. The average Bonchev–Trinajstić information content (AvgIpc) is 2.02. The van der Waals surface area contributed by atoms with Crippen molar-refractivity contribution in [2.45, 2.75) is 13.3 Å². The lowest BCUT2D eigenvalue weighted by Crippen LogP contribution is -2.29. The predicted molar refractivity (Wildman–Crippen MR) is 52.4 cm³/mol. The molecular formula is C9H22N2O. The highest BCUT2D eigenvalue weighted by Gasteiger charge is 2.00. The second-order valence-electron chi connectivity index (χ2n) is 3.31. The van der Waals surface area contributed by atoms with E-state index in [1.807, 2.05) is 0 Å². The van der Waals surface area contributed by atoms with Gasteiger partial charge in [0.1, 0.15) is 0 Å². The fourth-order valence-electron chi connectivity index (χ4n) is 1.18. The maximum Gasteiger partial charge on any atom is 0.0558 e. The van der Waals surface area contributed by atoms with Crippen LogP contribution in [0.3, 0.4) is 0 Å². The summed E-state index contributed by atoms with van der Waals surface area (Å²) in [6, 6.07) is 0. The highest BCUT2D eigenvalue weighted by atomic mass is 16.3. The largest absolute Gasteiger partial charge is 0.395 e. The van der Waals surface area contributed by atoms with Crippen LogP contribution >= 0.6 is 0 Å². The van der Waals surface area contributed by atoms with E-state index < -0.39 is 0 Å². The second kappa shape index (κ2) is 7.53. The van der Waals surface area contributed by atoms with E-state index in [0.717, 1.165) is 26.2 Å². The zero-order valence-corrected chi connectivity index (χ0v) is 8.58. The first-order chi connectivity index (χ1) is 5.70. The van der Waals surface area contributed by atoms with Crippen molar-refractivity contribution in [3.05, 3.63) is 0 Å². The smallest absolute Gasteiger partial charge is 0.0558 e. The Balaban J connectivity index is 3.31. The molecule has 0 unspecified atom stereocenters. The molecule has 12 heavy (non-hydrogen) atoms. The third kappa shape index (κ3) is 6.58. The normalized spacial score (nSPS) is 11.5. The molecule has 0 aromatic carbocycles. The first-order valence-electron chi connectivity index (χ1n) is 4.68. The third-order valence-electron chi connectivity index (χ3n) is 1.94. The molecule has 0 rings (SSSR count). The first-order valence-corrected chi connectivity index (χ1v) is 4.68. The highest BCUT2D eigenvalue weighted by molar-refractivity contribution is 4.55. The summed E-state index contributed by atoms with van der Waals surface area (Å²) in [5, 5.41) is 8.72. The van der Waals surface area contributed by atoms with E-state index in [2.05, 4.69) is 30.8 Å². The van der Waals surface area contributed by atoms with Crippen LogP contribution in [0, 0.1) is 0 Å². The third-order valence-corrected chi connectivity index (χ3v) is 1.94. The molecule has 0 aliphatic rings. The van der Waals surface area contributed by atoms with Crippen LogP contribution in [-0.2, 0) is 0 Å². The summed E-state index contributed by atoms with van der Waals surface area (Å²) in [4.78, 5) is 4.45. The van der Waals surface area contributed by atoms with E-state index in [4.69, 9.17) is 5.11 Å².